The van der Waals surface area contributed by atoms with Crippen molar-refractivity contribution < 1.29 is 23.9 Å². The molecule has 0 amide bonds. The Morgan fingerprint density at radius 3 is 2.48 bits per heavy atom. The van der Waals surface area contributed by atoms with Crippen molar-refractivity contribution in [2.45, 2.75) is 97.2 Å². The largest absolute Gasteiger partial charge is 0.509 e. The molecule has 180 valence electrons. The Bertz CT molecular complexity index is 927. The van der Waals surface area contributed by atoms with Gasteiger partial charge in [-0.25, -0.2) is 4.79 Å². The van der Waals surface area contributed by atoms with Crippen molar-refractivity contribution in [3.63, 3.8) is 0 Å². The summed E-state index contributed by atoms with van der Waals surface area (Å²) in [6.45, 7) is 8.15. The van der Waals surface area contributed by atoms with Crippen LogP contribution in [0.5, 0.6) is 0 Å². The highest BCUT2D eigenvalue weighted by Gasteiger charge is 2.70. The van der Waals surface area contributed by atoms with Gasteiger partial charge in [0.2, 0.25) is 0 Å². The Hall–Kier alpha value is -1.91. The number of hydrogen-bond acceptors (Lipinski definition) is 5. The zero-order valence-corrected chi connectivity index (χ0v) is 20.5. The Labute approximate surface area is 197 Å². The van der Waals surface area contributed by atoms with E-state index in [0.717, 1.165) is 51.4 Å². The summed E-state index contributed by atoms with van der Waals surface area (Å²) in [4.78, 5) is 38.3. The first-order chi connectivity index (χ1) is 15.6. The van der Waals surface area contributed by atoms with Crippen molar-refractivity contribution >= 4 is 17.7 Å². The standard InChI is InChI=1S/C28H38O5/c1-17-15-24-22-10-9-19-16-20(30)11-13-26(19,3)23(22)12-14-27(24,4)28(17,18(2)29)33-25(31)32-21-7-5-6-8-21/h9-10,16-17,21-24H,5-8,11-15H2,1-4H3/t17-,22+,23-,24-,26-,27-,28-/m0/s1. The number of rotatable bonds is 3. The first kappa shape index (κ1) is 22.9. The van der Waals surface area contributed by atoms with Crippen molar-refractivity contribution in [2.24, 2.45) is 34.5 Å². The van der Waals surface area contributed by atoms with E-state index in [1.807, 2.05) is 6.08 Å². The van der Waals surface area contributed by atoms with Crippen LogP contribution < -0.4 is 0 Å². The molecule has 0 aliphatic heterocycles. The van der Waals surface area contributed by atoms with Gasteiger partial charge in [0.25, 0.3) is 0 Å². The molecule has 3 saturated carbocycles. The molecule has 0 aromatic heterocycles. The quantitative estimate of drug-likeness (QED) is 0.492. The summed E-state index contributed by atoms with van der Waals surface area (Å²) in [5, 5.41) is 0. The maximum Gasteiger partial charge on any atom is 0.509 e. The summed E-state index contributed by atoms with van der Waals surface area (Å²) >= 11 is 0. The lowest BCUT2D eigenvalue weighted by Gasteiger charge is -2.57. The number of hydrogen-bond donors (Lipinski definition) is 0. The predicted molar refractivity (Wildman–Crippen MR) is 124 cm³/mol. The summed E-state index contributed by atoms with van der Waals surface area (Å²) in [6, 6.07) is 0. The second kappa shape index (κ2) is 7.81. The average Bonchev–Trinajstić information content (AvgIpc) is 3.34. The van der Waals surface area contributed by atoms with E-state index < -0.39 is 17.2 Å². The number of fused-ring (bicyclic) bond motifs is 5. The molecule has 5 aliphatic carbocycles. The lowest BCUT2D eigenvalue weighted by Crippen LogP contribution is -2.60. The highest BCUT2D eigenvalue weighted by Crippen LogP contribution is 2.68. The second-order valence-corrected chi connectivity index (χ2v) is 11.9. The van der Waals surface area contributed by atoms with E-state index in [1.165, 1.54) is 5.57 Å². The van der Waals surface area contributed by atoms with E-state index in [9.17, 15) is 14.4 Å². The van der Waals surface area contributed by atoms with Crippen LogP contribution in [0.4, 0.5) is 4.79 Å². The van der Waals surface area contributed by atoms with Gasteiger partial charge in [0, 0.05) is 17.8 Å². The van der Waals surface area contributed by atoms with Gasteiger partial charge < -0.3 is 9.47 Å². The molecule has 5 nitrogen and oxygen atoms in total. The number of carbonyl (C=O) groups is 3. The van der Waals surface area contributed by atoms with Gasteiger partial charge in [-0.15, -0.1) is 0 Å². The third-order valence-electron chi connectivity index (χ3n) is 10.4. The third kappa shape index (κ3) is 3.20. The van der Waals surface area contributed by atoms with Gasteiger partial charge in [0.05, 0.1) is 0 Å². The molecule has 0 heterocycles. The first-order valence-corrected chi connectivity index (χ1v) is 13.0. The Morgan fingerprint density at radius 2 is 1.79 bits per heavy atom. The van der Waals surface area contributed by atoms with Crippen LogP contribution in [0.1, 0.15) is 85.5 Å². The van der Waals surface area contributed by atoms with E-state index >= 15 is 0 Å². The highest BCUT2D eigenvalue weighted by molar-refractivity contribution is 5.92. The van der Waals surface area contributed by atoms with Gasteiger partial charge >= 0.3 is 6.16 Å². The first-order valence-electron chi connectivity index (χ1n) is 13.0. The molecule has 0 aromatic rings. The molecular formula is C28H38O5. The molecule has 5 rings (SSSR count). The van der Waals surface area contributed by atoms with Gasteiger partial charge in [-0.2, -0.15) is 0 Å². The summed E-state index contributed by atoms with van der Waals surface area (Å²) in [6.07, 6.45) is 13.6. The van der Waals surface area contributed by atoms with Crippen molar-refractivity contribution in [3.8, 4) is 0 Å². The summed E-state index contributed by atoms with van der Waals surface area (Å²) in [5.41, 5.74) is -0.405. The normalized spacial score (nSPS) is 44.5. The molecule has 0 spiro atoms. The molecule has 0 bridgehead atoms. The van der Waals surface area contributed by atoms with Crippen molar-refractivity contribution in [2.75, 3.05) is 0 Å². The van der Waals surface area contributed by atoms with Crippen molar-refractivity contribution in [3.05, 3.63) is 23.8 Å². The molecule has 0 saturated heterocycles. The molecule has 0 radical (unpaired) electrons. The molecule has 5 heteroatoms. The second-order valence-electron chi connectivity index (χ2n) is 11.9. The fourth-order valence-corrected chi connectivity index (χ4v) is 8.66. The lowest BCUT2D eigenvalue weighted by molar-refractivity contribution is -0.170. The minimum atomic E-state index is -1.15. The average molecular weight is 455 g/mol. The monoisotopic (exact) mass is 454 g/mol. The molecule has 0 N–H and O–H groups in total. The van der Waals surface area contributed by atoms with Crippen molar-refractivity contribution in [1.29, 1.82) is 0 Å². The summed E-state index contributed by atoms with van der Waals surface area (Å²) < 4.78 is 11.8. The van der Waals surface area contributed by atoms with Gasteiger partial charge in [0.1, 0.15) is 6.10 Å². The zero-order valence-electron chi connectivity index (χ0n) is 20.5. The molecule has 0 unspecified atom stereocenters. The van der Waals surface area contributed by atoms with Gasteiger partial charge in [0.15, 0.2) is 17.2 Å². The number of ether oxygens (including phenoxy) is 2. The van der Waals surface area contributed by atoms with E-state index in [4.69, 9.17) is 9.47 Å². The fraction of sp³-hybridized carbons (Fsp3) is 0.750. The number of allylic oxidation sites excluding steroid dienone is 4. The highest BCUT2D eigenvalue weighted by atomic mass is 16.7. The number of ketones is 2. The molecule has 7 atom stereocenters. The summed E-state index contributed by atoms with van der Waals surface area (Å²) in [5.74, 6) is 1.12. The topological polar surface area (TPSA) is 69.7 Å². The zero-order chi connectivity index (χ0) is 23.6. The molecule has 33 heavy (non-hydrogen) atoms. The van der Waals surface area contributed by atoms with Crippen LogP contribution in [0.25, 0.3) is 0 Å². The van der Waals surface area contributed by atoms with Crippen LogP contribution in [-0.2, 0) is 19.1 Å². The Morgan fingerprint density at radius 1 is 1.06 bits per heavy atom. The Balaban J connectivity index is 1.47. The lowest BCUT2D eigenvalue weighted by atomic mass is 9.48. The van der Waals surface area contributed by atoms with Crippen LogP contribution in [0, 0.1) is 34.5 Å². The van der Waals surface area contributed by atoms with Gasteiger partial charge in [-0.3, -0.25) is 9.59 Å². The SMILES string of the molecule is CC(=O)[C@@]1(OC(=O)OC2CCCC2)[C@@H](C)C[C@H]2[C@@H]3C=CC4=CC(=O)CC[C@]4(C)[C@H]3CC[C@@]21C. The minimum Gasteiger partial charge on any atom is -0.431 e. The smallest absolute Gasteiger partial charge is 0.431 e. The van der Waals surface area contributed by atoms with E-state index in [2.05, 4.69) is 32.9 Å². The van der Waals surface area contributed by atoms with Crippen LogP contribution in [0.3, 0.4) is 0 Å². The predicted octanol–water partition coefficient (Wildman–Crippen LogP) is 5.96. The van der Waals surface area contributed by atoms with Crippen LogP contribution in [-0.4, -0.2) is 29.4 Å². The molecule has 3 fully saturated rings. The van der Waals surface area contributed by atoms with E-state index in [1.54, 1.807) is 6.92 Å². The fourth-order valence-electron chi connectivity index (χ4n) is 8.66. The summed E-state index contributed by atoms with van der Waals surface area (Å²) in [7, 11) is 0. The minimum absolute atomic E-state index is 0.00162. The van der Waals surface area contributed by atoms with Gasteiger partial charge in [-0.1, -0.05) is 32.9 Å². The van der Waals surface area contributed by atoms with Crippen LogP contribution in [0.15, 0.2) is 23.8 Å². The molecule has 0 aromatic carbocycles. The third-order valence-corrected chi connectivity index (χ3v) is 10.4. The maximum absolute atomic E-state index is 13.3. The number of Topliss-reactive ketones (excluding diaryl/α,β-unsaturated/α-hetero) is 1. The van der Waals surface area contributed by atoms with E-state index in [0.29, 0.717) is 18.3 Å². The molecular weight excluding hydrogens is 416 g/mol. The van der Waals surface area contributed by atoms with Gasteiger partial charge in [-0.05, 0) is 93.1 Å². The van der Waals surface area contributed by atoms with Crippen LogP contribution in [0.2, 0.25) is 0 Å². The number of carbonyl (C=O) groups excluding carboxylic acids is 3. The van der Waals surface area contributed by atoms with Crippen molar-refractivity contribution in [1.82, 2.24) is 0 Å². The molecule has 5 aliphatic rings. The van der Waals surface area contributed by atoms with E-state index in [-0.39, 0.29) is 34.9 Å². The van der Waals surface area contributed by atoms with Crippen LogP contribution >= 0.6 is 0 Å². The maximum atomic E-state index is 13.3. The Kier molecular flexibility index (Phi) is 5.41.